The largest absolute Gasteiger partial charge is 0.366 e. The summed E-state index contributed by atoms with van der Waals surface area (Å²) in [6, 6.07) is 0.562. The van der Waals surface area contributed by atoms with Gasteiger partial charge < -0.3 is 15.1 Å². The summed E-state index contributed by atoms with van der Waals surface area (Å²) in [7, 11) is 2.14. The lowest BCUT2D eigenvalue weighted by Gasteiger charge is -2.32. The van der Waals surface area contributed by atoms with Gasteiger partial charge in [0.1, 0.15) is 11.0 Å². The van der Waals surface area contributed by atoms with Gasteiger partial charge in [-0.1, -0.05) is 11.6 Å². The summed E-state index contributed by atoms with van der Waals surface area (Å²) in [5.41, 5.74) is 0. The molecule has 1 saturated heterocycles. The summed E-state index contributed by atoms with van der Waals surface area (Å²) in [6.07, 6.45) is 4.46. The fraction of sp³-hybridized carbons (Fsp3) is 0.692. The molecule has 1 aliphatic heterocycles. The molecule has 0 radical (unpaired) electrons. The van der Waals surface area contributed by atoms with Crippen molar-refractivity contribution in [1.82, 2.24) is 14.9 Å². The van der Waals surface area contributed by atoms with E-state index in [4.69, 9.17) is 16.6 Å². The van der Waals surface area contributed by atoms with Gasteiger partial charge in [-0.25, -0.2) is 0 Å². The van der Waals surface area contributed by atoms with Crippen molar-refractivity contribution in [3.63, 3.8) is 0 Å². The zero-order chi connectivity index (χ0) is 14.1. The average Bonchev–Trinajstić information content (AvgIpc) is 3.23. The molecule has 0 spiro atoms. The summed E-state index contributed by atoms with van der Waals surface area (Å²) in [5, 5.41) is 4.03. The van der Waals surface area contributed by atoms with E-state index >= 15 is 0 Å². The molecule has 0 bridgehead atoms. The molecule has 1 saturated carbocycles. The van der Waals surface area contributed by atoms with E-state index in [1.54, 1.807) is 11.8 Å². The van der Waals surface area contributed by atoms with Gasteiger partial charge in [0.15, 0.2) is 0 Å². The van der Waals surface area contributed by atoms with Gasteiger partial charge in [0.05, 0.1) is 4.90 Å². The number of piperazine rings is 1. The van der Waals surface area contributed by atoms with Gasteiger partial charge in [0.25, 0.3) is 0 Å². The summed E-state index contributed by atoms with van der Waals surface area (Å²) in [4.78, 5) is 14.7. The van der Waals surface area contributed by atoms with Crippen LogP contribution in [0.5, 0.6) is 0 Å². The number of anilines is 2. The molecular weight excluding hydrogens is 329 g/mol. The van der Waals surface area contributed by atoms with Gasteiger partial charge >= 0.3 is 0 Å². The molecule has 8 heteroatoms. The van der Waals surface area contributed by atoms with Crippen LogP contribution in [0.4, 0.5) is 11.8 Å². The second-order valence-electron chi connectivity index (χ2n) is 5.41. The highest BCUT2D eigenvalue weighted by molar-refractivity contribution is 7.98. The van der Waals surface area contributed by atoms with Crippen molar-refractivity contribution in [2.24, 2.45) is 0 Å². The van der Waals surface area contributed by atoms with Crippen LogP contribution >= 0.6 is 35.8 Å². The van der Waals surface area contributed by atoms with Crippen LogP contribution in [0.3, 0.4) is 0 Å². The lowest BCUT2D eigenvalue weighted by molar-refractivity contribution is 0.311. The predicted octanol–water partition coefficient (Wildman–Crippen LogP) is 2.60. The van der Waals surface area contributed by atoms with E-state index in [9.17, 15) is 0 Å². The topological polar surface area (TPSA) is 44.3 Å². The molecular formula is C13H21Cl2N5S. The maximum atomic E-state index is 6.34. The highest BCUT2D eigenvalue weighted by Gasteiger charge is 2.25. The smallest absolute Gasteiger partial charge is 0.228 e. The molecule has 1 aromatic rings. The number of nitrogens with one attached hydrogen (secondary N) is 1. The zero-order valence-corrected chi connectivity index (χ0v) is 14.7. The van der Waals surface area contributed by atoms with Gasteiger partial charge in [-0.05, 0) is 26.1 Å². The number of aromatic nitrogens is 2. The third-order valence-electron chi connectivity index (χ3n) is 3.72. The van der Waals surface area contributed by atoms with Gasteiger partial charge in [-0.2, -0.15) is 9.97 Å². The van der Waals surface area contributed by atoms with Crippen LogP contribution in [0.25, 0.3) is 0 Å². The Hall–Kier alpha value is -0.430. The standard InChI is InChI=1S/C13H20ClN5S.ClH/c1-18-5-7-19(8-6-18)13-16-11(14)10(20-2)12(17-13)15-9-3-4-9;/h9H,3-8H2,1-2H3,(H,15,16,17);1H. The monoisotopic (exact) mass is 349 g/mol. The zero-order valence-electron chi connectivity index (χ0n) is 12.3. The van der Waals surface area contributed by atoms with Crippen molar-refractivity contribution >= 4 is 47.5 Å². The Morgan fingerprint density at radius 3 is 2.43 bits per heavy atom. The van der Waals surface area contributed by atoms with E-state index in [-0.39, 0.29) is 12.4 Å². The van der Waals surface area contributed by atoms with Gasteiger partial charge in [-0.15, -0.1) is 24.2 Å². The number of hydrogen-bond acceptors (Lipinski definition) is 6. The van der Waals surface area contributed by atoms with Crippen LogP contribution in [-0.2, 0) is 0 Å². The van der Waals surface area contributed by atoms with Gasteiger partial charge in [0.2, 0.25) is 5.95 Å². The second kappa shape index (κ2) is 7.22. The minimum absolute atomic E-state index is 0. The highest BCUT2D eigenvalue weighted by Crippen LogP contribution is 2.35. The lowest BCUT2D eigenvalue weighted by Crippen LogP contribution is -2.45. The number of hydrogen-bond donors (Lipinski definition) is 1. The second-order valence-corrected chi connectivity index (χ2v) is 6.58. The number of nitrogens with zero attached hydrogens (tertiary/aromatic N) is 4. The van der Waals surface area contributed by atoms with Crippen molar-refractivity contribution in [3.8, 4) is 0 Å². The number of likely N-dealkylation sites (N-methyl/N-ethyl adjacent to an activating group) is 1. The molecule has 1 N–H and O–H groups in total. The molecule has 0 aromatic carbocycles. The first-order valence-electron chi connectivity index (χ1n) is 6.99. The Bertz CT molecular complexity index is 490. The molecule has 2 fully saturated rings. The molecule has 2 aliphatic rings. The van der Waals surface area contributed by atoms with Gasteiger partial charge in [-0.3, -0.25) is 0 Å². The molecule has 2 heterocycles. The van der Waals surface area contributed by atoms with Crippen molar-refractivity contribution < 1.29 is 0 Å². The number of thioether (sulfide) groups is 1. The Morgan fingerprint density at radius 1 is 1.19 bits per heavy atom. The Kier molecular flexibility index (Phi) is 5.82. The fourth-order valence-electron chi connectivity index (χ4n) is 2.26. The van der Waals surface area contributed by atoms with Crippen molar-refractivity contribution in [1.29, 1.82) is 0 Å². The van der Waals surface area contributed by atoms with E-state index in [1.165, 1.54) is 12.8 Å². The van der Waals surface area contributed by atoms with Crippen molar-refractivity contribution in [2.75, 3.05) is 49.7 Å². The van der Waals surface area contributed by atoms with Crippen LogP contribution in [0, 0.1) is 0 Å². The van der Waals surface area contributed by atoms with E-state index in [0.717, 1.165) is 42.8 Å². The fourth-order valence-corrected chi connectivity index (χ4v) is 3.17. The summed E-state index contributed by atoms with van der Waals surface area (Å²) in [5.74, 6) is 1.65. The quantitative estimate of drug-likeness (QED) is 0.665. The first-order valence-corrected chi connectivity index (χ1v) is 8.59. The summed E-state index contributed by atoms with van der Waals surface area (Å²) >= 11 is 7.94. The minimum atomic E-state index is 0. The number of halogens is 2. The molecule has 21 heavy (non-hydrogen) atoms. The average molecular weight is 350 g/mol. The first-order chi connectivity index (χ1) is 9.67. The number of rotatable bonds is 4. The van der Waals surface area contributed by atoms with Gasteiger partial charge in [0, 0.05) is 32.2 Å². The first kappa shape index (κ1) is 16.9. The van der Waals surface area contributed by atoms with E-state index < -0.39 is 0 Å². The molecule has 0 unspecified atom stereocenters. The third-order valence-corrected chi connectivity index (χ3v) is 4.90. The molecule has 0 atom stereocenters. The summed E-state index contributed by atoms with van der Waals surface area (Å²) < 4.78 is 0. The Balaban J connectivity index is 0.00000161. The summed E-state index contributed by atoms with van der Waals surface area (Å²) in [6.45, 7) is 3.98. The van der Waals surface area contributed by atoms with Crippen LogP contribution in [-0.4, -0.2) is 60.4 Å². The van der Waals surface area contributed by atoms with E-state index in [0.29, 0.717) is 11.2 Å². The molecule has 1 aliphatic carbocycles. The van der Waals surface area contributed by atoms with Crippen molar-refractivity contribution in [3.05, 3.63) is 5.15 Å². The highest BCUT2D eigenvalue weighted by atomic mass is 35.5. The molecule has 3 rings (SSSR count). The predicted molar refractivity (Wildman–Crippen MR) is 92.4 cm³/mol. The molecule has 5 nitrogen and oxygen atoms in total. The van der Waals surface area contributed by atoms with Crippen molar-refractivity contribution in [2.45, 2.75) is 23.8 Å². The lowest BCUT2D eigenvalue weighted by atomic mass is 10.3. The van der Waals surface area contributed by atoms with E-state index in [2.05, 4.69) is 27.1 Å². The molecule has 118 valence electrons. The molecule has 1 aromatic heterocycles. The minimum Gasteiger partial charge on any atom is -0.366 e. The third kappa shape index (κ3) is 4.06. The SMILES string of the molecule is CSc1c(Cl)nc(N2CCN(C)CC2)nc1NC1CC1.Cl. The van der Waals surface area contributed by atoms with Crippen LogP contribution in [0.15, 0.2) is 4.90 Å². The van der Waals surface area contributed by atoms with Crippen LogP contribution in [0.2, 0.25) is 5.15 Å². The molecule has 0 amide bonds. The van der Waals surface area contributed by atoms with Crippen LogP contribution < -0.4 is 10.2 Å². The Morgan fingerprint density at radius 2 is 1.86 bits per heavy atom. The maximum absolute atomic E-state index is 6.34. The maximum Gasteiger partial charge on any atom is 0.228 e. The Labute approximate surface area is 141 Å². The van der Waals surface area contributed by atoms with E-state index in [1.807, 2.05) is 6.26 Å². The normalized spacial score (nSPS) is 19.3. The van der Waals surface area contributed by atoms with Crippen LogP contribution in [0.1, 0.15) is 12.8 Å².